The fraction of sp³-hybridized carbons (Fsp3) is 0.865. The van der Waals surface area contributed by atoms with Gasteiger partial charge in [0.2, 0.25) is 11.8 Å². The summed E-state index contributed by atoms with van der Waals surface area (Å²) >= 11 is 0. The molecule has 504 valence electrons. The maximum absolute atomic E-state index is 12.7. The molecule has 0 saturated heterocycles. The number of Topliss-reactive ketones (excluding diaryl/α,β-unsaturated/α-hetero) is 2. The van der Waals surface area contributed by atoms with Crippen molar-refractivity contribution in [2.24, 2.45) is 0 Å². The predicted octanol–water partition coefficient (Wildman–Crippen LogP) is 19.4. The van der Waals surface area contributed by atoms with Gasteiger partial charge >= 0.3 is 11.9 Å². The van der Waals surface area contributed by atoms with E-state index < -0.39 is 36.2 Å². The number of hydrogen-bond acceptors (Lipinski definition) is 10. The molecule has 4 N–H and O–H groups in total. The summed E-state index contributed by atoms with van der Waals surface area (Å²) in [6.45, 7) is 12.2. The molecule has 0 aromatic carbocycles. The quantitative estimate of drug-likeness (QED) is 0.0259. The van der Waals surface area contributed by atoms with Crippen LogP contribution in [0.25, 0.3) is 0 Å². The van der Waals surface area contributed by atoms with Gasteiger partial charge in [0.05, 0.1) is 37.1 Å². The summed E-state index contributed by atoms with van der Waals surface area (Å²) in [4.78, 5) is 72.7. The summed E-state index contributed by atoms with van der Waals surface area (Å²) in [6.07, 6.45) is 61.9. The molecule has 4 atom stereocenters. The lowest BCUT2D eigenvalue weighted by atomic mass is 10.0. The minimum atomic E-state index is -0.936. The maximum atomic E-state index is 12.7. The smallest absolute Gasteiger partial charge is 0.306 e. The number of ketones is 2. The Morgan fingerprint density at radius 3 is 0.884 bits per heavy atom. The first-order valence-electron chi connectivity index (χ1n) is 36.4. The molecule has 0 radical (unpaired) electrons. The molecule has 0 aliphatic heterocycles. The van der Waals surface area contributed by atoms with Gasteiger partial charge in [-0.3, -0.25) is 24.0 Å². The van der Waals surface area contributed by atoms with Crippen LogP contribution in [0.2, 0.25) is 0 Å². The molecule has 0 rings (SSSR count). The van der Waals surface area contributed by atoms with Crippen molar-refractivity contribution in [3.8, 4) is 0 Å². The van der Waals surface area contributed by atoms with Crippen LogP contribution in [0.3, 0.4) is 0 Å². The Kier molecular flexibility index (Phi) is 66.5. The highest BCUT2D eigenvalue weighted by atomic mass is 16.5. The minimum absolute atomic E-state index is 0.0136. The summed E-state index contributed by atoms with van der Waals surface area (Å²) in [5.74, 6) is -1.20. The molecular formula is C74H138N2O10. The van der Waals surface area contributed by atoms with Crippen molar-refractivity contribution in [2.75, 3.05) is 13.2 Å². The lowest BCUT2D eigenvalue weighted by Crippen LogP contribution is -2.46. The highest BCUT2D eigenvalue weighted by molar-refractivity contribution is 5.83. The lowest BCUT2D eigenvalue weighted by Gasteiger charge is -2.22. The van der Waals surface area contributed by atoms with Crippen molar-refractivity contribution in [2.45, 2.75) is 400 Å². The number of allylic oxidation sites excluding steroid dienone is 2. The van der Waals surface area contributed by atoms with E-state index in [-0.39, 0.29) is 62.3 Å². The van der Waals surface area contributed by atoms with E-state index >= 15 is 0 Å². The molecule has 0 spiro atoms. The topological polar surface area (TPSA) is 185 Å². The Bertz CT molecular complexity index is 1620. The van der Waals surface area contributed by atoms with E-state index in [9.17, 15) is 39.0 Å². The number of unbranched alkanes of at least 4 members (excludes halogenated alkanes) is 40. The van der Waals surface area contributed by atoms with Crippen molar-refractivity contribution in [1.82, 2.24) is 10.6 Å². The number of esters is 2. The SMILES string of the molecule is CCCCCCCCCCCCC/C=C/[C@@H](O)[C@H](COC(=O)CCC(=O)CCCCC)NC(=O)CCCCCCC.CCCCCCCCCCCCC/C=C/[C@@H](O)[C@H](COC(=O)CCC(C)=O)NC(=O)CCCCCCCCCCCCCCC. The van der Waals surface area contributed by atoms with E-state index in [2.05, 4.69) is 45.3 Å². The minimum Gasteiger partial charge on any atom is -0.463 e. The first-order valence-corrected chi connectivity index (χ1v) is 36.4. The third-order valence-electron chi connectivity index (χ3n) is 16.3. The predicted molar refractivity (Wildman–Crippen MR) is 360 cm³/mol. The van der Waals surface area contributed by atoms with Gasteiger partial charge in [0.1, 0.15) is 24.8 Å². The Morgan fingerprint density at radius 1 is 0.326 bits per heavy atom. The van der Waals surface area contributed by atoms with Crippen molar-refractivity contribution in [3.05, 3.63) is 24.3 Å². The van der Waals surface area contributed by atoms with E-state index in [4.69, 9.17) is 9.47 Å². The van der Waals surface area contributed by atoms with Crippen LogP contribution in [0, 0.1) is 0 Å². The summed E-state index contributed by atoms with van der Waals surface area (Å²) in [5.41, 5.74) is 0. The number of hydrogen-bond donors (Lipinski definition) is 4. The standard InChI is InChI=1S/C39H73NO5.C35H65NO5/c1-4-6-8-10-12-14-16-18-20-22-24-26-28-30-37(42)36(34-45-39(44)33-32-35(3)41)40-38(43)31-29-27-25-23-21-19-17-15-13-11-9-7-5-2;1-4-7-10-12-13-14-15-16-17-18-19-21-23-26-33(38)32(36-34(39)27-24-20-11-8-5-2)30-41-35(40)29-28-31(37)25-22-9-6-3/h28,30,36-37,42H,4-27,29,31-34H2,1-3H3,(H,40,43);23,26,32-33,38H,4-22,24-25,27-30H2,1-3H3,(H,36,39)/b30-28+;26-23+/t36-,37+;32-,33+/m00/s1. The Labute approximate surface area is 529 Å². The van der Waals surface area contributed by atoms with Crippen LogP contribution in [0.1, 0.15) is 375 Å². The zero-order valence-electron chi connectivity index (χ0n) is 57.0. The van der Waals surface area contributed by atoms with E-state index in [1.54, 1.807) is 12.2 Å². The number of nitrogens with one attached hydrogen (secondary N) is 2. The van der Waals surface area contributed by atoms with Crippen LogP contribution in [0.5, 0.6) is 0 Å². The summed E-state index contributed by atoms with van der Waals surface area (Å²) in [6, 6.07) is -1.40. The van der Waals surface area contributed by atoms with Gasteiger partial charge in [-0.2, -0.15) is 0 Å². The maximum Gasteiger partial charge on any atom is 0.306 e. The molecule has 86 heavy (non-hydrogen) atoms. The van der Waals surface area contributed by atoms with Gasteiger partial charge < -0.3 is 35.1 Å². The van der Waals surface area contributed by atoms with Crippen LogP contribution in [0.15, 0.2) is 24.3 Å². The lowest BCUT2D eigenvalue weighted by molar-refractivity contribution is -0.147. The molecule has 0 heterocycles. The monoisotopic (exact) mass is 1220 g/mol. The molecule has 0 aliphatic carbocycles. The molecule has 12 heteroatoms. The average molecular weight is 1220 g/mol. The fourth-order valence-electron chi connectivity index (χ4n) is 10.5. The van der Waals surface area contributed by atoms with Gasteiger partial charge in [0.15, 0.2) is 0 Å². The molecule has 0 aliphatic rings. The van der Waals surface area contributed by atoms with Crippen LogP contribution in [0.4, 0.5) is 0 Å². The van der Waals surface area contributed by atoms with E-state index in [1.165, 1.54) is 206 Å². The van der Waals surface area contributed by atoms with Crippen LogP contribution < -0.4 is 10.6 Å². The van der Waals surface area contributed by atoms with Crippen LogP contribution >= 0.6 is 0 Å². The average Bonchev–Trinajstić information content (AvgIpc) is 3.60. The summed E-state index contributed by atoms with van der Waals surface area (Å²) in [5, 5.41) is 27.4. The molecule has 0 saturated carbocycles. The number of rotatable bonds is 64. The number of aliphatic hydroxyl groups excluding tert-OH is 2. The van der Waals surface area contributed by atoms with Crippen LogP contribution in [-0.4, -0.2) is 83.0 Å². The Hall–Kier alpha value is -3.38. The van der Waals surface area contributed by atoms with E-state index in [1.807, 2.05) is 12.2 Å². The number of aliphatic hydroxyl groups is 2. The van der Waals surface area contributed by atoms with Gasteiger partial charge in [0.25, 0.3) is 0 Å². The van der Waals surface area contributed by atoms with Gasteiger partial charge in [-0.1, -0.05) is 303 Å². The zero-order chi connectivity index (χ0) is 63.6. The molecule has 0 unspecified atom stereocenters. The first-order chi connectivity index (χ1) is 41.8. The number of carbonyl (C=O) groups excluding carboxylic acids is 6. The number of carbonyl (C=O) groups is 6. The summed E-state index contributed by atoms with van der Waals surface area (Å²) < 4.78 is 10.7. The second-order valence-corrected chi connectivity index (χ2v) is 25.1. The van der Waals surface area contributed by atoms with Gasteiger partial charge in [0, 0.05) is 32.1 Å². The fourth-order valence-corrected chi connectivity index (χ4v) is 10.5. The Morgan fingerprint density at radius 2 is 0.581 bits per heavy atom. The third-order valence-corrected chi connectivity index (χ3v) is 16.3. The van der Waals surface area contributed by atoms with Crippen LogP contribution in [-0.2, 0) is 38.2 Å². The molecule has 0 bridgehead atoms. The molecule has 0 aromatic heterocycles. The normalized spacial score (nSPS) is 12.8. The third kappa shape index (κ3) is 63.6. The highest BCUT2D eigenvalue weighted by Crippen LogP contribution is 2.17. The number of ether oxygens (including phenoxy) is 2. The first kappa shape index (κ1) is 84.7. The second kappa shape index (κ2) is 67.5. The highest BCUT2D eigenvalue weighted by Gasteiger charge is 2.23. The largest absolute Gasteiger partial charge is 0.463 e. The summed E-state index contributed by atoms with van der Waals surface area (Å²) in [7, 11) is 0. The van der Waals surface area contributed by atoms with Crippen molar-refractivity contribution >= 4 is 35.3 Å². The van der Waals surface area contributed by atoms with Crippen molar-refractivity contribution in [1.29, 1.82) is 0 Å². The van der Waals surface area contributed by atoms with E-state index in [0.717, 1.165) is 89.9 Å². The zero-order valence-corrected chi connectivity index (χ0v) is 57.0. The van der Waals surface area contributed by atoms with Crippen molar-refractivity contribution < 1.29 is 48.5 Å². The molecule has 0 aromatic rings. The molecular weight excluding hydrogens is 1080 g/mol. The van der Waals surface area contributed by atoms with E-state index in [0.29, 0.717) is 19.3 Å². The number of amides is 2. The molecule has 0 fully saturated rings. The Balaban J connectivity index is 0. The van der Waals surface area contributed by atoms with Gasteiger partial charge in [-0.05, 0) is 51.9 Å². The molecule has 12 nitrogen and oxygen atoms in total. The molecule has 2 amide bonds. The van der Waals surface area contributed by atoms with Gasteiger partial charge in [-0.15, -0.1) is 0 Å². The van der Waals surface area contributed by atoms with Gasteiger partial charge in [-0.25, -0.2) is 0 Å². The second-order valence-electron chi connectivity index (χ2n) is 25.1. The van der Waals surface area contributed by atoms with Crippen molar-refractivity contribution in [3.63, 3.8) is 0 Å².